The normalized spacial score (nSPS) is 14.2. The molecule has 3 aromatic rings. The number of nitrogens with zero attached hydrogens (tertiary/aromatic N) is 1. The van der Waals surface area contributed by atoms with E-state index in [1.165, 1.54) is 24.3 Å². The molecule has 0 saturated heterocycles. The lowest BCUT2D eigenvalue weighted by Gasteiger charge is -2.17. The molecule has 4 rings (SSSR count). The summed E-state index contributed by atoms with van der Waals surface area (Å²) in [4.78, 5) is 4.84. The Hall–Kier alpha value is -4.33. The summed E-state index contributed by atoms with van der Waals surface area (Å²) in [5.41, 5.74) is 5.29. The van der Waals surface area contributed by atoms with Gasteiger partial charge in [-0.25, -0.2) is 9.37 Å². The second kappa shape index (κ2) is 14.4. The van der Waals surface area contributed by atoms with Gasteiger partial charge in [-0.05, 0) is 112 Å². The number of alkyl halides is 3. The summed E-state index contributed by atoms with van der Waals surface area (Å²) < 4.78 is 65.7. The van der Waals surface area contributed by atoms with E-state index < -0.39 is 11.7 Å². The Balaban J connectivity index is 1.53. The number of benzene rings is 2. The minimum atomic E-state index is -4.45. The largest absolute Gasteiger partial charge is 0.491 e. The highest BCUT2D eigenvalue weighted by Crippen LogP contribution is 2.35. The van der Waals surface area contributed by atoms with Gasteiger partial charge in [0.2, 0.25) is 0 Å². The summed E-state index contributed by atoms with van der Waals surface area (Å²) in [6.07, 6.45) is 3.16. The van der Waals surface area contributed by atoms with E-state index in [0.717, 1.165) is 47.4 Å². The molecule has 1 aromatic heterocycles. The lowest BCUT2D eigenvalue weighted by molar-refractivity contribution is -0.0881. The van der Waals surface area contributed by atoms with Gasteiger partial charge in [0.05, 0.1) is 18.3 Å². The van der Waals surface area contributed by atoms with Gasteiger partial charge >= 0.3 is 6.18 Å². The van der Waals surface area contributed by atoms with E-state index >= 15 is 0 Å². The predicted molar refractivity (Wildman–Crippen MR) is 169 cm³/mol. The highest BCUT2D eigenvalue weighted by Gasteiger charge is 2.31. The van der Waals surface area contributed by atoms with Crippen LogP contribution in [0.4, 0.5) is 17.6 Å². The van der Waals surface area contributed by atoms with Crippen molar-refractivity contribution in [3.8, 4) is 22.8 Å². The summed E-state index contributed by atoms with van der Waals surface area (Å²) in [5, 5.41) is 3.35. The number of aromatic nitrogens is 1. The third-order valence-corrected chi connectivity index (χ3v) is 7.09. The first-order valence-corrected chi connectivity index (χ1v) is 14.7. The van der Waals surface area contributed by atoms with Gasteiger partial charge in [-0.2, -0.15) is 13.2 Å². The number of nitrogens with one attached hydrogen (secondary N) is 1. The quantitative estimate of drug-likeness (QED) is 0.156. The third-order valence-electron chi connectivity index (χ3n) is 7.09. The van der Waals surface area contributed by atoms with E-state index in [9.17, 15) is 17.6 Å². The summed E-state index contributed by atoms with van der Waals surface area (Å²) in [7, 11) is 0. The van der Waals surface area contributed by atoms with Crippen LogP contribution in [-0.4, -0.2) is 30.4 Å². The Kier molecular flexibility index (Phi) is 10.7. The molecule has 1 saturated carbocycles. The molecule has 0 aliphatic heterocycles. The first-order chi connectivity index (χ1) is 21.0. The molecule has 0 radical (unpaired) electrons. The van der Waals surface area contributed by atoms with Gasteiger partial charge in [0.25, 0.3) is 0 Å². The Morgan fingerprint density at radius 2 is 1.82 bits per heavy atom. The van der Waals surface area contributed by atoms with Crippen LogP contribution in [0.25, 0.3) is 22.5 Å². The number of rotatable bonds is 13. The van der Waals surface area contributed by atoms with Crippen LogP contribution < -0.4 is 14.8 Å². The Morgan fingerprint density at radius 3 is 2.45 bits per heavy atom. The number of aryl methyl sites for hydroxylation is 1. The fourth-order valence-electron chi connectivity index (χ4n) is 4.65. The van der Waals surface area contributed by atoms with E-state index in [2.05, 4.69) is 11.9 Å². The average Bonchev–Trinajstić information content (AvgIpc) is 3.80. The van der Waals surface area contributed by atoms with Crippen molar-refractivity contribution in [2.45, 2.75) is 59.2 Å². The van der Waals surface area contributed by atoms with Crippen molar-refractivity contribution in [3.63, 3.8) is 0 Å². The molecule has 44 heavy (non-hydrogen) atoms. The molecule has 8 heteroatoms. The van der Waals surface area contributed by atoms with Gasteiger partial charge in [0, 0.05) is 35.5 Å². The summed E-state index contributed by atoms with van der Waals surface area (Å²) in [5.74, 6) is 0.986. The van der Waals surface area contributed by atoms with Gasteiger partial charge in [-0.1, -0.05) is 24.8 Å². The van der Waals surface area contributed by atoms with E-state index in [1.54, 1.807) is 26.0 Å². The Bertz CT molecular complexity index is 1570. The van der Waals surface area contributed by atoms with Crippen molar-refractivity contribution in [2.24, 2.45) is 0 Å². The molecule has 4 nitrogen and oxygen atoms in total. The van der Waals surface area contributed by atoms with Crippen molar-refractivity contribution in [1.82, 2.24) is 10.3 Å². The van der Waals surface area contributed by atoms with E-state index in [1.807, 2.05) is 38.1 Å². The zero-order chi connectivity index (χ0) is 31.9. The van der Waals surface area contributed by atoms with Crippen LogP contribution >= 0.6 is 0 Å². The van der Waals surface area contributed by atoms with Crippen LogP contribution in [0.3, 0.4) is 0 Å². The first-order valence-electron chi connectivity index (χ1n) is 14.7. The number of ether oxygens (including phenoxy) is 2. The number of hydrogen-bond donors (Lipinski definition) is 1. The lowest BCUT2D eigenvalue weighted by atomic mass is 10.0. The van der Waals surface area contributed by atoms with Gasteiger partial charge < -0.3 is 14.8 Å². The maximum Gasteiger partial charge on any atom is 0.416 e. The number of hydrogen-bond acceptors (Lipinski definition) is 4. The third kappa shape index (κ3) is 8.62. The molecule has 0 atom stereocenters. The van der Waals surface area contributed by atoms with E-state index in [-0.39, 0.29) is 11.9 Å². The molecule has 1 heterocycles. The maximum absolute atomic E-state index is 13.6. The van der Waals surface area contributed by atoms with Crippen LogP contribution in [0, 0.1) is 12.7 Å². The standard InChI is InChI=1S/C36H38F4N2O2/c1-6-8-28(36(38,39)40)13-9-23(3)32-22-27(12-18-33(32)44-31-16-17-31)25(5)41-20-19-30-21-24(4)35(43-7-2)34(42-30)26-10-14-29(37)15-11-26/h6,8-15,18,21-22,31,41H,5,7,16-17,19-20H2,1-4H3/b8-6+,23-9+,28-13+. The lowest BCUT2D eigenvalue weighted by Crippen LogP contribution is -2.16. The van der Waals surface area contributed by atoms with Crippen molar-refractivity contribution in [1.29, 1.82) is 0 Å². The molecule has 1 aliphatic carbocycles. The number of halogens is 4. The number of pyridine rings is 1. The smallest absolute Gasteiger partial charge is 0.416 e. The van der Waals surface area contributed by atoms with Gasteiger partial charge in [0.15, 0.2) is 0 Å². The van der Waals surface area contributed by atoms with Crippen molar-refractivity contribution < 1.29 is 27.0 Å². The summed E-state index contributed by atoms with van der Waals surface area (Å²) in [6, 6.07) is 13.8. The highest BCUT2D eigenvalue weighted by atomic mass is 19.4. The minimum absolute atomic E-state index is 0.128. The summed E-state index contributed by atoms with van der Waals surface area (Å²) in [6.45, 7) is 12.4. The maximum atomic E-state index is 13.6. The predicted octanol–water partition coefficient (Wildman–Crippen LogP) is 9.41. The molecule has 0 amide bonds. The Labute approximate surface area is 256 Å². The summed E-state index contributed by atoms with van der Waals surface area (Å²) >= 11 is 0. The molecule has 1 aliphatic rings. The zero-order valence-electron chi connectivity index (χ0n) is 25.5. The molecule has 2 aromatic carbocycles. The van der Waals surface area contributed by atoms with Crippen LogP contribution in [0.15, 0.2) is 85.0 Å². The molecule has 1 N–H and O–H groups in total. The van der Waals surface area contributed by atoms with Crippen LogP contribution in [0.1, 0.15) is 56.0 Å². The molecular weight excluding hydrogens is 568 g/mol. The zero-order valence-corrected chi connectivity index (χ0v) is 25.5. The van der Waals surface area contributed by atoms with Crippen molar-refractivity contribution >= 4 is 11.3 Å². The van der Waals surface area contributed by atoms with Gasteiger partial charge in [0.1, 0.15) is 23.0 Å². The van der Waals surface area contributed by atoms with E-state index in [0.29, 0.717) is 53.6 Å². The molecule has 1 fully saturated rings. The second-order valence-corrected chi connectivity index (χ2v) is 10.7. The average molecular weight is 607 g/mol. The fraction of sp³-hybridized carbons (Fsp3) is 0.306. The highest BCUT2D eigenvalue weighted by molar-refractivity contribution is 5.75. The first kappa shape index (κ1) is 32.6. The SMILES string of the molecule is C=C(NCCc1cc(C)c(OCC)c(-c2ccc(F)cc2)n1)c1ccc(OC2CC2)c(/C(C)=C/C=C(\C=C\C)C(F)(F)F)c1. The van der Waals surface area contributed by atoms with Gasteiger partial charge in [-0.15, -0.1) is 0 Å². The monoisotopic (exact) mass is 606 g/mol. The molecule has 0 spiro atoms. The topological polar surface area (TPSA) is 43.4 Å². The minimum Gasteiger partial charge on any atom is -0.491 e. The van der Waals surface area contributed by atoms with Crippen LogP contribution in [0.2, 0.25) is 0 Å². The van der Waals surface area contributed by atoms with Crippen molar-refractivity contribution in [3.05, 3.63) is 113 Å². The Morgan fingerprint density at radius 1 is 1.09 bits per heavy atom. The second-order valence-electron chi connectivity index (χ2n) is 10.7. The van der Waals surface area contributed by atoms with E-state index in [4.69, 9.17) is 14.5 Å². The van der Waals surface area contributed by atoms with Crippen LogP contribution in [0.5, 0.6) is 11.5 Å². The molecule has 232 valence electrons. The van der Waals surface area contributed by atoms with Crippen LogP contribution in [-0.2, 0) is 6.42 Å². The van der Waals surface area contributed by atoms with Gasteiger partial charge in [-0.3, -0.25) is 0 Å². The number of allylic oxidation sites excluding steroid dienone is 6. The molecule has 0 unspecified atom stereocenters. The molecular formula is C36H38F4N2O2. The van der Waals surface area contributed by atoms with Crippen molar-refractivity contribution in [2.75, 3.05) is 13.2 Å². The fourth-order valence-corrected chi connectivity index (χ4v) is 4.65. The molecule has 0 bridgehead atoms.